The van der Waals surface area contributed by atoms with Gasteiger partial charge in [0.1, 0.15) is 0 Å². The van der Waals surface area contributed by atoms with Crippen molar-refractivity contribution in [2.45, 2.75) is 26.2 Å². The summed E-state index contributed by atoms with van der Waals surface area (Å²) in [7, 11) is 0. The number of aromatic amines is 1. The zero-order valence-corrected chi connectivity index (χ0v) is 13.6. The fourth-order valence-electron chi connectivity index (χ4n) is 1.80. The zero-order valence-electron chi connectivity index (χ0n) is 10.4. The van der Waals surface area contributed by atoms with Crippen LogP contribution >= 0.6 is 39.7 Å². The maximum atomic E-state index is 6.02. The third-order valence-electron chi connectivity index (χ3n) is 2.71. The van der Waals surface area contributed by atoms with Gasteiger partial charge >= 0.3 is 0 Å². The van der Waals surface area contributed by atoms with Crippen molar-refractivity contribution in [3.63, 3.8) is 0 Å². The molecular formula is C13H14BrClN2S. The van der Waals surface area contributed by atoms with Crippen molar-refractivity contribution in [1.82, 2.24) is 9.55 Å². The Balaban J connectivity index is 2.67. The van der Waals surface area contributed by atoms with E-state index in [-0.39, 0.29) is 5.41 Å². The molecule has 18 heavy (non-hydrogen) atoms. The van der Waals surface area contributed by atoms with Crippen LogP contribution in [0, 0.1) is 4.77 Å². The van der Waals surface area contributed by atoms with Gasteiger partial charge in [0.25, 0.3) is 0 Å². The smallest absolute Gasteiger partial charge is 0.182 e. The molecule has 0 saturated carbocycles. The molecule has 0 fully saturated rings. The van der Waals surface area contributed by atoms with E-state index in [1.165, 1.54) is 0 Å². The molecule has 0 amide bonds. The largest absolute Gasteiger partial charge is 0.337 e. The van der Waals surface area contributed by atoms with Crippen LogP contribution in [-0.4, -0.2) is 9.55 Å². The molecule has 96 valence electrons. The van der Waals surface area contributed by atoms with Crippen LogP contribution in [0.1, 0.15) is 26.5 Å². The SMILES string of the molecule is CC(C)(C)c1c[nH]c(=S)n1-c1ccc(Cl)c(Br)c1. The summed E-state index contributed by atoms with van der Waals surface area (Å²) < 4.78 is 3.59. The third-order valence-corrected chi connectivity index (χ3v) is 4.22. The molecule has 0 bridgehead atoms. The number of halogens is 2. The lowest BCUT2D eigenvalue weighted by atomic mass is 9.92. The number of aromatic nitrogens is 2. The number of hydrogen-bond acceptors (Lipinski definition) is 1. The van der Waals surface area contributed by atoms with E-state index in [1.807, 2.05) is 29.0 Å². The van der Waals surface area contributed by atoms with Crippen molar-refractivity contribution in [2.24, 2.45) is 0 Å². The molecule has 1 aromatic carbocycles. The predicted octanol–water partition coefficient (Wildman–Crippen LogP) is 5.25. The molecule has 0 saturated heterocycles. The highest BCUT2D eigenvalue weighted by molar-refractivity contribution is 9.10. The molecular weight excluding hydrogens is 332 g/mol. The summed E-state index contributed by atoms with van der Waals surface area (Å²) >= 11 is 14.8. The van der Waals surface area contributed by atoms with Crippen LogP contribution in [0.3, 0.4) is 0 Å². The average Bonchev–Trinajstić information content (AvgIpc) is 2.64. The minimum absolute atomic E-state index is 0.0136. The van der Waals surface area contributed by atoms with Gasteiger partial charge in [0.05, 0.1) is 5.02 Å². The van der Waals surface area contributed by atoms with Crippen molar-refractivity contribution in [2.75, 3.05) is 0 Å². The van der Waals surface area contributed by atoms with Crippen molar-refractivity contribution >= 4 is 39.7 Å². The van der Waals surface area contributed by atoms with E-state index in [4.69, 9.17) is 23.8 Å². The van der Waals surface area contributed by atoms with E-state index in [1.54, 1.807) is 0 Å². The molecule has 0 spiro atoms. The highest BCUT2D eigenvalue weighted by atomic mass is 79.9. The van der Waals surface area contributed by atoms with E-state index in [2.05, 4.69) is 41.7 Å². The minimum Gasteiger partial charge on any atom is -0.337 e. The van der Waals surface area contributed by atoms with Gasteiger partial charge < -0.3 is 4.98 Å². The summed E-state index contributed by atoms with van der Waals surface area (Å²) in [6, 6.07) is 5.80. The van der Waals surface area contributed by atoms with Gasteiger partial charge in [0.15, 0.2) is 4.77 Å². The van der Waals surface area contributed by atoms with Gasteiger partial charge in [-0.05, 0) is 46.3 Å². The monoisotopic (exact) mass is 344 g/mol. The Morgan fingerprint density at radius 1 is 1.33 bits per heavy atom. The lowest BCUT2D eigenvalue weighted by molar-refractivity contribution is 0.556. The van der Waals surface area contributed by atoms with Gasteiger partial charge in [-0.3, -0.25) is 4.57 Å². The first-order chi connectivity index (χ1) is 8.30. The summed E-state index contributed by atoms with van der Waals surface area (Å²) in [5, 5.41) is 0.693. The number of H-pyrrole nitrogens is 1. The summed E-state index contributed by atoms with van der Waals surface area (Å²) in [5.41, 5.74) is 2.16. The summed E-state index contributed by atoms with van der Waals surface area (Å²) in [5.74, 6) is 0. The van der Waals surface area contributed by atoms with Gasteiger partial charge in [-0.1, -0.05) is 32.4 Å². The molecule has 0 aliphatic carbocycles. The number of nitrogens with one attached hydrogen (secondary N) is 1. The normalized spacial score (nSPS) is 11.8. The molecule has 2 aromatic rings. The molecule has 0 aliphatic rings. The van der Waals surface area contributed by atoms with Gasteiger partial charge in [0.2, 0.25) is 0 Å². The van der Waals surface area contributed by atoms with Crippen molar-refractivity contribution in [3.8, 4) is 5.69 Å². The highest BCUT2D eigenvalue weighted by Crippen LogP contribution is 2.29. The Kier molecular flexibility index (Phi) is 3.72. The first-order valence-electron chi connectivity index (χ1n) is 5.57. The number of imidazole rings is 1. The number of rotatable bonds is 1. The maximum absolute atomic E-state index is 6.02. The van der Waals surface area contributed by atoms with Crippen LogP contribution in [0.25, 0.3) is 5.69 Å². The predicted molar refractivity (Wildman–Crippen MR) is 82.4 cm³/mol. The van der Waals surface area contributed by atoms with Crippen molar-refractivity contribution < 1.29 is 0 Å². The van der Waals surface area contributed by atoms with Crippen LogP contribution in [0.15, 0.2) is 28.9 Å². The van der Waals surface area contributed by atoms with E-state index < -0.39 is 0 Å². The Bertz CT molecular complexity index is 637. The van der Waals surface area contributed by atoms with Crippen LogP contribution in [0.5, 0.6) is 0 Å². The van der Waals surface area contributed by atoms with E-state index in [9.17, 15) is 0 Å². The van der Waals surface area contributed by atoms with E-state index in [0.29, 0.717) is 9.79 Å². The second-order valence-electron chi connectivity index (χ2n) is 5.16. The first kappa shape index (κ1) is 13.8. The van der Waals surface area contributed by atoms with Gasteiger partial charge in [-0.15, -0.1) is 0 Å². The van der Waals surface area contributed by atoms with E-state index >= 15 is 0 Å². The van der Waals surface area contributed by atoms with Crippen molar-refractivity contribution in [3.05, 3.63) is 44.4 Å². The minimum atomic E-state index is 0.0136. The van der Waals surface area contributed by atoms with Crippen LogP contribution in [-0.2, 0) is 5.41 Å². The molecule has 1 N–H and O–H groups in total. The quantitative estimate of drug-likeness (QED) is 0.700. The fourth-order valence-corrected chi connectivity index (χ4v) is 2.55. The van der Waals surface area contributed by atoms with Gasteiger partial charge in [-0.25, -0.2) is 0 Å². The number of hydrogen-bond donors (Lipinski definition) is 1. The van der Waals surface area contributed by atoms with Crippen LogP contribution < -0.4 is 0 Å². The molecule has 2 nitrogen and oxygen atoms in total. The van der Waals surface area contributed by atoms with Crippen LogP contribution in [0.2, 0.25) is 5.02 Å². The molecule has 5 heteroatoms. The van der Waals surface area contributed by atoms with E-state index in [0.717, 1.165) is 15.9 Å². The Hall–Kier alpha value is -0.580. The standard InChI is InChI=1S/C13H14BrClN2S/c1-13(2,3)11-7-16-12(18)17(11)8-4-5-10(15)9(14)6-8/h4-7H,1-3H3,(H,16,18). The van der Waals surface area contributed by atoms with Gasteiger partial charge in [0, 0.05) is 27.5 Å². The Labute approximate surface area is 125 Å². The average molecular weight is 346 g/mol. The fraction of sp³-hybridized carbons (Fsp3) is 0.308. The molecule has 2 rings (SSSR count). The van der Waals surface area contributed by atoms with Crippen molar-refractivity contribution in [1.29, 1.82) is 0 Å². The zero-order chi connectivity index (χ0) is 13.5. The topological polar surface area (TPSA) is 20.7 Å². The molecule has 0 unspecified atom stereocenters. The lowest BCUT2D eigenvalue weighted by Gasteiger charge is -2.21. The first-order valence-corrected chi connectivity index (χ1v) is 7.15. The molecule has 1 heterocycles. The molecule has 1 aromatic heterocycles. The lowest BCUT2D eigenvalue weighted by Crippen LogP contribution is -2.16. The molecule has 0 atom stereocenters. The summed E-state index contributed by atoms with van der Waals surface area (Å²) in [4.78, 5) is 3.11. The maximum Gasteiger partial charge on any atom is 0.182 e. The third kappa shape index (κ3) is 2.56. The second kappa shape index (κ2) is 4.83. The Morgan fingerprint density at radius 3 is 2.56 bits per heavy atom. The summed E-state index contributed by atoms with van der Waals surface area (Å²) in [6.07, 6.45) is 1.96. The molecule has 0 aliphatic heterocycles. The molecule has 0 radical (unpaired) electrons. The second-order valence-corrected chi connectivity index (χ2v) is 6.81. The number of benzene rings is 1. The summed E-state index contributed by atoms with van der Waals surface area (Å²) in [6.45, 7) is 6.48. The van der Waals surface area contributed by atoms with Crippen LogP contribution in [0.4, 0.5) is 0 Å². The number of nitrogens with zero attached hydrogens (tertiary/aromatic N) is 1. The van der Waals surface area contributed by atoms with Gasteiger partial charge in [-0.2, -0.15) is 0 Å². The Morgan fingerprint density at radius 2 is 2.00 bits per heavy atom. The highest BCUT2D eigenvalue weighted by Gasteiger charge is 2.20.